The summed E-state index contributed by atoms with van der Waals surface area (Å²) in [6.07, 6.45) is 3.09. The highest BCUT2D eigenvalue weighted by molar-refractivity contribution is 6.12. The predicted octanol–water partition coefficient (Wildman–Crippen LogP) is 3.47. The van der Waals surface area contributed by atoms with Crippen molar-refractivity contribution in [2.75, 3.05) is 0 Å². The smallest absolute Gasteiger partial charge is 0.163 e. The van der Waals surface area contributed by atoms with Gasteiger partial charge in [-0.3, -0.25) is 9.59 Å². The van der Waals surface area contributed by atoms with Crippen molar-refractivity contribution in [2.45, 2.75) is 47.5 Å². The van der Waals surface area contributed by atoms with Gasteiger partial charge in [0, 0.05) is 16.9 Å². The molecule has 0 bridgehead atoms. The Morgan fingerprint density at radius 1 is 1.22 bits per heavy atom. The zero-order valence-corrected chi connectivity index (χ0v) is 12.0. The highest BCUT2D eigenvalue weighted by atomic mass is 16.1. The number of rotatable bonds is 1. The van der Waals surface area contributed by atoms with Gasteiger partial charge >= 0.3 is 0 Å². The van der Waals surface area contributed by atoms with Crippen LogP contribution < -0.4 is 0 Å². The number of carbonyl (C=O) groups is 2. The van der Waals surface area contributed by atoms with Gasteiger partial charge in [0.2, 0.25) is 0 Å². The summed E-state index contributed by atoms with van der Waals surface area (Å²) in [4.78, 5) is 25.0. The van der Waals surface area contributed by atoms with Gasteiger partial charge < -0.3 is 0 Å². The second-order valence-electron chi connectivity index (χ2n) is 6.39. The summed E-state index contributed by atoms with van der Waals surface area (Å²) in [5.41, 5.74) is 2.77. The molecule has 0 heterocycles. The van der Waals surface area contributed by atoms with Crippen LogP contribution in [0, 0.1) is 17.3 Å². The average Bonchev–Trinajstić information content (AvgIpc) is 2.27. The van der Waals surface area contributed by atoms with Crippen LogP contribution in [-0.2, 0) is 9.59 Å². The molecule has 0 aliphatic heterocycles. The minimum Gasteiger partial charge on any atom is -0.294 e. The van der Waals surface area contributed by atoms with Crippen molar-refractivity contribution in [3.63, 3.8) is 0 Å². The molecule has 98 valence electrons. The van der Waals surface area contributed by atoms with Crippen LogP contribution in [0.3, 0.4) is 0 Å². The first-order valence-electron chi connectivity index (χ1n) is 6.73. The Morgan fingerprint density at radius 2 is 1.83 bits per heavy atom. The SMILES string of the molecule is CC1=C(C)C[C@]2(C)C(=O)C=C(C(C)C)C(=O)[C@@H]2C1. The first kappa shape index (κ1) is 13.3. The third-order valence-electron chi connectivity index (χ3n) is 4.71. The Bertz CT molecular complexity index is 479. The van der Waals surface area contributed by atoms with Crippen LogP contribution in [0.2, 0.25) is 0 Å². The number of carbonyl (C=O) groups excluding carboxylic acids is 2. The van der Waals surface area contributed by atoms with Gasteiger partial charge in [0.1, 0.15) is 0 Å². The quantitative estimate of drug-likeness (QED) is 0.664. The van der Waals surface area contributed by atoms with Crippen LogP contribution in [0.4, 0.5) is 0 Å². The Kier molecular flexibility index (Phi) is 3.08. The fourth-order valence-electron chi connectivity index (χ4n) is 3.20. The zero-order valence-electron chi connectivity index (χ0n) is 12.0. The van der Waals surface area contributed by atoms with Gasteiger partial charge in [-0.25, -0.2) is 0 Å². The predicted molar refractivity (Wildman–Crippen MR) is 72.1 cm³/mol. The highest BCUT2D eigenvalue weighted by Crippen LogP contribution is 2.48. The minimum absolute atomic E-state index is 0.137. The normalized spacial score (nSPS) is 32.8. The lowest BCUT2D eigenvalue weighted by molar-refractivity contribution is -0.136. The van der Waals surface area contributed by atoms with Gasteiger partial charge in [-0.15, -0.1) is 0 Å². The molecule has 0 aromatic heterocycles. The van der Waals surface area contributed by atoms with Gasteiger partial charge in [0.05, 0.1) is 0 Å². The molecule has 0 saturated carbocycles. The van der Waals surface area contributed by atoms with E-state index in [1.54, 1.807) is 6.08 Å². The summed E-state index contributed by atoms with van der Waals surface area (Å²) in [6, 6.07) is 0. The maximum atomic E-state index is 12.6. The highest BCUT2D eigenvalue weighted by Gasteiger charge is 2.50. The van der Waals surface area contributed by atoms with Gasteiger partial charge in [0.25, 0.3) is 0 Å². The van der Waals surface area contributed by atoms with Gasteiger partial charge in [-0.1, -0.05) is 31.9 Å². The van der Waals surface area contributed by atoms with E-state index in [4.69, 9.17) is 0 Å². The summed E-state index contributed by atoms with van der Waals surface area (Å²) in [7, 11) is 0. The zero-order chi connectivity index (χ0) is 13.7. The largest absolute Gasteiger partial charge is 0.294 e. The summed E-state index contributed by atoms with van der Waals surface area (Å²) < 4.78 is 0. The van der Waals surface area contributed by atoms with Gasteiger partial charge in [0.15, 0.2) is 11.6 Å². The molecule has 2 heteroatoms. The van der Waals surface area contributed by atoms with Gasteiger partial charge in [-0.05, 0) is 38.7 Å². The lowest BCUT2D eigenvalue weighted by Crippen LogP contribution is -2.46. The molecule has 2 aliphatic rings. The summed E-state index contributed by atoms with van der Waals surface area (Å²) in [6.45, 7) is 10.1. The van der Waals surface area contributed by atoms with Crippen LogP contribution in [-0.4, -0.2) is 11.6 Å². The van der Waals surface area contributed by atoms with E-state index in [0.717, 1.165) is 18.4 Å². The summed E-state index contributed by atoms with van der Waals surface area (Å²) >= 11 is 0. The summed E-state index contributed by atoms with van der Waals surface area (Å²) in [5.74, 6) is 0.330. The fraction of sp³-hybridized carbons (Fsp3) is 0.625. The molecule has 2 aliphatic carbocycles. The molecule has 0 aromatic rings. The van der Waals surface area contributed by atoms with Crippen molar-refractivity contribution < 1.29 is 9.59 Å². The third-order valence-corrected chi connectivity index (χ3v) is 4.71. The standard InChI is InChI=1S/C16H22O2/c1-9(2)12-7-14(17)16(5)8-11(4)10(3)6-13(16)15(12)18/h7,9,13H,6,8H2,1-5H3/t13-,16-/m0/s1. The molecule has 0 amide bonds. The van der Waals surface area contributed by atoms with E-state index in [2.05, 4.69) is 13.8 Å². The van der Waals surface area contributed by atoms with Crippen molar-refractivity contribution in [1.29, 1.82) is 0 Å². The van der Waals surface area contributed by atoms with E-state index in [1.807, 2.05) is 20.8 Å². The van der Waals surface area contributed by atoms with E-state index in [1.165, 1.54) is 11.1 Å². The monoisotopic (exact) mass is 246 g/mol. The molecule has 2 atom stereocenters. The molecule has 0 radical (unpaired) electrons. The molecule has 18 heavy (non-hydrogen) atoms. The van der Waals surface area contributed by atoms with Crippen molar-refractivity contribution >= 4 is 11.6 Å². The van der Waals surface area contributed by atoms with E-state index in [0.29, 0.717) is 0 Å². The molecule has 0 fully saturated rings. The van der Waals surface area contributed by atoms with E-state index < -0.39 is 5.41 Å². The molecular weight excluding hydrogens is 224 g/mol. The van der Waals surface area contributed by atoms with Crippen LogP contribution in [0.5, 0.6) is 0 Å². The Hall–Kier alpha value is -1.18. The number of fused-ring (bicyclic) bond motifs is 1. The van der Waals surface area contributed by atoms with Crippen molar-refractivity contribution in [1.82, 2.24) is 0 Å². The number of allylic oxidation sites excluding steroid dienone is 4. The van der Waals surface area contributed by atoms with Crippen LogP contribution in [0.25, 0.3) is 0 Å². The van der Waals surface area contributed by atoms with Crippen molar-refractivity contribution in [3.05, 3.63) is 22.8 Å². The van der Waals surface area contributed by atoms with Crippen molar-refractivity contribution in [3.8, 4) is 0 Å². The Balaban J connectivity index is 2.49. The lowest BCUT2D eigenvalue weighted by atomic mass is 9.58. The second kappa shape index (κ2) is 4.18. The number of ketones is 2. The number of Topliss-reactive ketones (excluding diaryl/α,β-unsaturated/α-hetero) is 1. The average molecular weight is 246 g/mol. The fourth-order valence-corrected chi connectivity index (χ4v) is 3.20. The molecular formula is C16H22O2. The minimum atomic E-state index is -0.501. The van der Waals surface area contributed by atoms with E-state index >= 15 is 0 Å². The van der Waals surface area contributed by atoms with E-state index in [-0.39, 0.29) is 23.4 Å². The molecule has 0 saturated heterocycles. The Labute approximate surface area is 109 Å². The maximum Gasteiger partial charge on any atom is 0.163 e. The molecule has 0 unspecified atom stereocenters. The second-order valence-corrected chi connectivity index (χ2v) is 6.39. The Morgan fingerprint density at radius 3 is 2.39 bits per heavy atom. The first-order chi connectivity index (χ1) is 8.27. The third kappa shape index (κ3) is 1.79. The number of hydrogen-bond acceptors (Lipinski definition) is 2. The topological polar surface area (TPSA) is 34.1 Å². The lowest BCUT2D eigenvalue weighted by Gasteiger charge is -2.43. The van der Waals surface area contributed by atoms with Crippen LogP contribution in [0.1, 0.15) is 47.5 Å². The molecule has 0 spiro atoms. The number of hydrogen-bond donors (Lipinski definition) is 0. The molecule has 2 nitrogen and oxygen atoms in total. The van der Waals surface area contributed by atoms with Crippen LogP contribution in [0.15, 0.2) is 22.8 Å². The summed E-state index contributed by atoms with van der Waals surface area (Å²) in [5, 5.41) is 0. The maximum absolute atomic E-state index is 12.6. The van der Waals surface area contributed by atoms with Crippen LogP contribution >= 0.6 is 0 Å². The molecule has 2 rings (SSSR count). The van der Waals surface area contributed by atoms with Gasteiger partial charge in [-0.2, -0.15) is 0 Å². The molecule has 0 N–H and O–H groups in total. The molecule has 0 aromatic carbocycles. The van der Waals surface area contributed by atoms with Crippen molar-refractivity contribution in [2.24, 2.45) is 17.3 Å². The van der Waals surface area contributed by atoms with E-state index in [9.17, 15) is 9.59 Å². The first-order valence-corrected chi connectivity index (χ1v) is 6.73.